The summed E-state index contributed by atoms with van der Waals surface area (Å²) < 4.78 is 13.5. The molecule has 0 bridgehead atoms. The Hall–Kier alpha value is -3.24. The van der Waals surface area contributed by atoms with Gasteiger partial charge in [-0.05, 0) is 53.3 Å². The van der Waals surface area contributed by atoms with Crippen LogP contribution in [0.1, 0.15) is 67.4 Å². The fourth-order valence-electron chi connectivity index (χ4n) is 5.44. The number of fused-ring (bicyclic) bond motifs is 2. The fraction of sp³-hybridized carbons (Fsp3) is 0.462. The number of ether oxygens (including phenoxy) is 2. The van der Waals surface area contributed by atoms with E-state index in [1.54, 1.807) is 11.3 Å². The summed E-state index contributed by atoms with van der Waals surface area (Å²) in [6.45, 7) is 4.39. The SMILES string of the molecule is CCC(c1nnnn1C1CCCC1)N(Cc1cccs1)Cc1cc2cc3c(cc2[nH]c1=O)OCCO3. The van der Waals surface area contributed by atoms with E-state index in [4.69, 9.17) is 9.47 Å². The zero-order valence-electron chi connectivity index (χ0n) is 20.4. The number of hydrogen-bond acceptors (Lipinski definition) is 8. The molecule has 1 atom stereocenters. The molecule has 3 aromatic heterocycles. The highest BCUT2D eigenvalue weighted by Gasteiger charge is 2.30. The second-order valence-electron chi connectivity index (χ2n) is 9.54. The van der Waals surface area contributed by atoms with E-state index < -0.39 is 0 Å². The summed E-state index contributed by atoms with van der Waals surface area (Å²) in [6, 6.07) is 10.3. The van der Waals surface area contributed by atoms with Crippen LogP contribution in [0.4, 0.5) is 0 Å². The van der Waals surface area contributed by atoms with Crippen LogP contribution in [-0.2, 0) is 13.1 Å². The maximum absolute atomic E-state index is 13.2. The molecule has 1 aliphatic carbocycles. The molecule has 1 aromatic carbocycles. The summed E-state index contributed by atoms with van der Waals surface area (Å²) in [5.74, 6) is 2.27. The Morgan fingerprint density at radius 2 is 1.97 bits per heavy atom. The van der Waals surface area contributed by atoms with E-state index in [1.807, 2.05) is 22.9 Å². The van der Waals surface area contributed by atoms with Gasteiger partial charge in [-0.3, -0.25) is 9.69 Å². The number of hydrogen-bond donors (Lipinski definition) is 1. The Balaban J connectivity index is 1.37. The topological polar surface area (TPSA) is 98.2 Å². The highest BCUT2D eigenvalue weighted by atomic mass is 32.1. The number of nitrogens with zero attached hydrogens (tertiary/aromatic N) is 5. The van der Waals surface area contributed by atoms with Gasteiger partial charge in [-0.15, -0.1) is 16.4 Å². The van der Waals surface area contributed by atoms with Gasteiger partial charge >= 0.3 is 0 Å². The number of thiophene rings is 1. The summed E-state index contributed by atoms with van der Waals surface area (Å²) in [6.07, 6.45) is 5.48. The molecule has 9 nitrogen and oxygen atoms in total. The molecule has 10 heteroatoms. The smallest absolute Gasteiger partial charge is 0.252 e. The molecule has 1 saturated carbocycles. The second kappa shape index (κ2) is 10.0. The Labute approximate surface area is 213 Å². The lowest BCUT2D eigenvalue weighted by molar-refractivity contribution is 0.159. The fourth-order valence-corrected chi connectivity index (χ4v) is 6.17. The first-order valence-corrected chi connectivity index (χ1v) is 13.6. The van der Waals surface area contributed by atoms with Gasteiger partial charge in [0.1, 0.15) is 13.2 Å². The van der Waals surface area contributed by atoms with Gasteiger partial charge in [0.05, 0.1) is 17.6 Å². The van der Waals surface area contributed by atoms with Crippen molar-refractivity contribution in [3.8, 4) is 11.5 Å². The number of rotatable bonds is 8. The molecule has 36 heavy (non-hydrogen) atoms. The van der Waals surface area contributed by atoms with Crippen molar-refractivity contribution in [2.75, 3.05) is 13.2 Å². The molecule has 1 unspecified atom stereocenters. The zero-order valence-corrected chi connectivity index (χ0v) is 21.2. The van der Waals surface area contributed by atoms with Crippen molar-refractivity contribution < 1.29 is 9.47 Å². The van der Waals surface area contributed by atoms with Crippen LogP contribution in [0, 0.1) is 0 Å². The Kier molecular flexibility index (Phi) is 6.45. The van der Waals surface area contributed by atoms with Crippen LogP contribution in [0.15, 0.2) is 40.5 Å². The van der Waals surface area contributed by atoms with E-state index in [-0.39, 0.29) is 11.6 Å². The molecule has 1 N–H and O–H groups in total. The Bertz CT molecular complexity index is 1390. The first-order valence-electron chi connectivity index (χ1n) is 12.7. The molecule has 4 aromatic rings. The molecule has 0 spiro atoms. The van der Waals surface area contributed by atoms with Crippen LogP contribution in [0.25, 0.3) is 10.9 Å². The average Bonchev–Trinajstić information content (AvgIpc) is 3.67. The van der Waals surface area contributed by atoms with Gasteiger partial charge in [0.15, 0.2) is 17.3 Å². The predicted molar refractivity (Wildman–Crippen MR) is 137 cm³/mol. The first-order chi connectivity index (χ1) is 17.7. The van der Waals surface area contributed by atoms with Gasteiger partial charge in [0.2, 0.25) is 0 Å². The van der Waals surface area contributed by atoms with Gasteiger partial charge in [-0.1, -0.05) is 25.8 Å². The maximum Gasteiger partial charge on any atom is 0.252 e. The number of benzene rings is 1. The van der Waals surface area contributed by atoms with Gasteiger partial charge in [0, 0.05) is 35.0 Å². The molecule has 0 amide bonds. The number of aromatic nitrogens is 5. The molecule has 2 aliphatic rings. The monoisotopic (exact) mass is 506 g/mol. The zero-order chi connectivity index (χ0) is 24.5. The standard InChI is InChI=1S/C26H30N6O3S/c1-2-22(25-28-29-30-32(25)19-6-3-4-7-19)31(16-20-8-5-11-36-20)15-18-12-17-13-23-24(35-10-9-34-23)14-21(17)27-26(18)33/h5,8,11-14,19,22H,2-4,6-7,9-10,15-16H2,1H3,(H,27,33). The second-order valence-corrected chi connectivity index (χ2v) is 10.6. The first kappa shape index (κ1) is 23.2. The lowest BCUT2D eigenvalue weighted by Crippen LogP contribution is -2.32. The summed E-state index contributed by atoms with van der Waals surface area (Å²) >= 11 is 1.72. The molecule has 188 valence electrons. The number of pyridine rings is 1. The van der Waals surface area contributed by atoms with E-state index in [0.29, 0.717) is 49.4 Å². The number of nitrogens with one attached hydrogen (secondary N) is 1. The minimum Gasteiger partial charge on any atom is -0.486 e. The normalized spacial score (nSPS) is 16.7. The quantitative estimate of drug-likeness (QED) is 0.372. The lowest BCUT2D eigenvalue weighted by atomic mass is 10.1. The van der Waals surface area contributed by atoms with E-state index in [9.17, 15) is 4.79 Å². The van der Waals surface area contributed by atoms with Gasteiger partial charge < -0.3 is 14.5 Å². The maximum atomic E-state index is 13.2. The Morgan fingerprint density at radius 3 is 2.72 bits per heavy atom. The van der Waals surface area contributed by atoms with Gasteiger partial charge in [-0.2, -0.15) is 0 Å². The third kappa shape index (κ3) is 4.51. The molecule has 0 radical (unpaired) electrons. The number of tetrazole rings is 1. The molecular weight excluding hydrogens is 476 g/mol. The van der Waals surface area contributed by atoms with Crippen molar-refractivity contribution in [1.29, 1.82) is 0 Å². The van der Waals surface area contributed by atoms with Crippen LogP contribution >= 0.6 is 11.3 Å². The summed E-state index contributed by atoms with van der Waals surface area (Å²) in [7, 11) is 0. The molecule has 1 fully saturated rings. The minimum absolute atomic E-state index is 0.0157. The van der Waals surface area contributed by atoms with Crippen LogP contribution in [0.3, 0.4) is 0 Å². The van der Waals surface area contributed by atoms with E-state index in [1.165, 1.54) is 17.7 Å². The van der Waals surface area contributed by atoms with Crippen molar-refractivity contribution in [2.45, 2.75) is 64.2 Å². The highest BCUT2D eigenvalue weighted by molar-refractivity contribution is 7.09. The Morgan fingerprint density at radius 1 is 1.17 bits per heavy atom. The molecule has 4 heterocycles. The van der Waals surface area contributed by atoms with Crippen molar-refractivity contribution in [1.82, 2.24) is 30.1 Å². The highest BCUT2D eigenvalue weighted by Crippen LogP contribution is 2.35. The van der Waals surface area contributed by atoms with Crippen LogP contribution in [-0.4, -0.2) is 43.3 Å². The average molecular weight is 507 g/mol. The lowest BCUT2D eigenvalue weighted by Gasteiger charge is -2.30. The summed E-state index contributed by atoms with van der Waals surface area (Å²) in [4.78, 5) is 19.8. The van der Waals surface area contributed by atoms with E-state index >= 15 is 0 Å². The van der Waals surface area contributed by atoms with Crippen molar-refractivity contribution in [3.05, 3.63) is 62.3 Å². The third-order valence-corrected chi connectivity index (χ3v) is 8.07. The van der Waals surface area contributed by atoms with Crippen molar-refractivity contribution >= 4 is 22.2 Å². The predicted octanol–water partition coefficient (Wildman–Crippen LogP) is 4.62. The molecular formula is C26H30N6O3S. The van der Waals surface area contributed by atoms with Gasteiger partial charge in [-0.25, -0.2) is 4.68 Å². The van der Waals surface area contributed by atoms with Gasteiger partial charge in [0.25, 0.3) is 5.56 Å². The van der Waals surface area contributed by atoms with Crippen molar-refractivity contribution in [3.63, 3.8) is 0 Å². The van der Waals surface area contributed by atoms with Crippen LogP contribution in [0.5, 0.6) is 11.5 Å². The van der Waals surface area contributed by atoms with Crippen LogP contribution < -0.4 is 15.0 Å². The van der Waals surface area contributed by atoms with E-state index in [0.717, 1.165) is 36.0 Å². The largest absolute Gasteiger partial charge is 0.486 e. The summed E-state index contributed by atoms with van der Waals surface area (Å²) in [5.41, 5.74) is 1.35. The minimum atomic E-state index is -0.0967. The number of aromatic amines is 1. The third-order valence-electron chi connectivity index (χ3n) is 7.21. The summed E-state index contributed by atoms with van der Waals surface area (Å²) in [5, 5.41) is 16.0. The van der Waals surface area contributed by atoms with Crippen LogP contribution in [0.2, 0.25) is 0 Å². The molecule has 1 aliphatic heterocycles. The van der Waals surface area contributed by atoms with Crippen molar-refractivity contribution in [2.24, 2.45) is 0 Å². The molecule has 0 saturated heterocycles. The number of H-pyrrole nitrogens is 1. The van der Waals surface area contributed by atoms with E-state index in [2.05, 4.69) is 49.8 Å². The molecule has 6 rings (SSSR count).